The van der Waals surface area contributed by atoms with Crippen LogP contribution < -0.4 is 10.6 Å². The molecule has 2 saturated heterocycles. The Morgan fingerprint density at radius 3 is 2.62 bits per heavy atom. The highest BCUT2D eigenvalue weighted by molar-refractivity contribution is 5.94. The highest BCUT2D eigenvalue weighted by Crippen LogP contribution is 2.45. The van der Waals surface area contributed by atoms with E-state index in [2.05, 4.69) is 10.6 Å². The summed E-state index contributed by atoms with van der Waals surface area (Å²) < 4.78 is 0. The van der Waals surface area contributed by atoms with Gasteiger partial charge in [0.05, 0.1) is 0 Å². The third kappa shape index (κ3) is 4.29. The van der Waals surface area contributed by atoms with Gasteiger partial charge in [0, 0.05) is 25.0 Å². The molecule has 1 aromatic rings. The molecule has 3 aliphatic rings. The minimum absolute atomic E-state index is 0.0349. The largest absolute Gasteiger partial charge is 0.354 e. The average Bonchev–Trinajstić information content (AvgIpc) is 3.37. The van der Waals surface area contributed by atoms with Crippen LogP contribution in [-0.2, 0) is 20.8 Å². The molecule has 2 N–H and O–H groups in total. The standard InChI is InChI=1S/C22H30N4O3/c1-22(11-12-22)21(29)24-17-8-5-14-25-15-10-18(26(25)20(17)28)19(27)23-13-9-16-6-3-2-4-7-16/h2-4,6-7,17-18H,5,8-15H2,1H3,(H,23,27)(H,24,29)/t17-,18-/m0/s1. The molecule has 156 valence electrons. The van der Waals surface area contributed by atoms with Gasteiger partial charge in [0.15, 0.2) is 0 Å². The van der Waals surface area contributed by atoms with Crippen LogP contribution in [0.4, 0.5) is 0 Å². The lowest BCUT2D eigenvalue weighted by atomic mass is 10.1. The predicted molar refractivity (Wildman–Crippen MR) is 108 cm³/mol. The molecule has 2 heterocycles. The van der Waals surface area contributed by atoms with Crippen LogP contribution in [0.15, 0.2) is 30.3 Å². The first-order valence-corrected chi connectivity index (χ1v) is 10.7. The molecule has 0 spiro atoms. The van der Waals surface area contributed by atoms with E-state index in [4.69, 9.17) is 0 Å². The number of hydrogen-bond donors (Lipinski definition) is 2. The Labute approximate surface area is 171 Å². The Bertz CT molecular complexity index is 778. The number of nitrogens with one attached hydrogen (secondary N) is 2. The van der Waals surface area contributed by atoms with Crippen LogP contribution in [-0.4, -0.2) is 59.5 Å². The van der Waals surface area contributed by atoms with E-state index in [1.807, 2.05) is 42.3 Å². The molecule has 2 atom stereocenters. The van der Waals surface area contributed by atoms with E-state index >= 15 is 0 Å². The fraction of sp³-hybridized carbons (Fsp3) is 0.591. The fourth-order valence-electron chi connectivity index (χ4n) is 4.19. The summed E-state index contributed by atoms with van der Waals surface area (Å²) in [6.45, 7) is 3.92. The fourth-order valence-corrected chi connectivity index (χ4v) is 4.19. The van der Waals surface area contributed by atoms with Crippen LogP contribution in [0.2, 0.25) is 0 Å². The summed E-state index contributed by atoms with van der Waals surface area (Å²) in [5.74, 6) is -0.300. The first kappa shape index (κ1) is 19.9. The second-order valence-electron chi connectivity index (χ2n) is 8.70. The third-order valence-corrected chi connectivity index (χ3v) is 6.41. The normalized spacial score (nSPS) is 25.8. The molecule has 3 amide bonds. The number of hydrogen-bond acceptors (Lipinski definition) is 4. The average molecular weight is 399 g/mol. The Balaban J connectivity index is 1.37. The molecular weight excluding hydrogens is 368 g/mol. The lowest BCUT2D eigenvalue weighted by Gasteiger charge is -2.32. The smallest absolute Gasteiger partial charge is 0.260 e. The van der Waals surface area contributed by atoms with Crippen molar-refractivity contribution in [1.29, 1.82) is 0 Å². The Morgan fingerprint density at radius 2 is 1.90 bits per heavy atom. The molecule has 2 aliphatic heterocycles. The van der Waals surface area contributed by atoms with Gasteiger partial charge in [-0.15, -0.1) is 0 Å². The number of carbonyl (C=O) groups is 3. The lowest BCUT2D eigenvalue weighted by molar-refractivity contribution is -0.154. The SMILES string of the molecule is CC1(C(=O)N[C@H]2CCCN3CC[C@@H](C(=O)NCCc4ccccc4)N3C2=O)CC1. The van der Waals surface area contributed by atoms with Crippen molar-refractivity contribution in [3.05, 3.63) is 35.9 Å². The van der Waals surface area contributed by atoms with Gasteiger partial charge in [0.1, 0.15) is 12.1 Å². The van der Waals surface area contributed by atoms with E-state index in [9.17, 15) is 14.4 Å². The highest BCUT2D eigenvalue weighted by Gasteiger charge is 2.48. The van der Waals surface area contributed by atoms with Crippen LogP contribution >= 0.6 is 0 Å². The van der Waals surface area contributed by atoms with Gasteiger partial charge in [-0.25, -0.2) is 5.01 Å². The van der Waals surface area contributed by atoms with Crippen molar-refractivity contribution in [2.45, 2.75) is 57.5 Å². The summed E-state index contributed by atoms with van der Waals surface area (Å²) in [4.78, 5) is 38.5. The summed E-state index contributed by atoms with van der Waals surface area (Å²) in [7, 11) is 0. The topological polar surface area (TPSA) is 81.8 Å². The summed E-state index contributed by atoms with van der Waals surface area (Å²) in [6.07, 6.45) is 4.59. The molecule has 3 fully saturated rings. The van der Waals surface area contributed by atoms with Gasteiger partial charge in [-0.3, -0.25) is 19.4 Å². The maximum absolute atomic E-state index is 13.2. The van der Waals surface area contributed by atoms with Gasteiger partial charge in [-0.1, -0.05) is 37.3 Å². The third-order valence-electron chi connectivity index (χ3n) is 6.41. The number of nitrogens with zero attached hydrogens (tertiary/aromatic N) is 2. The number of rotatable bonds is 6. The van der Waals surface area contributed by atoms with Gasteiger partial charge in [-0.2, -0.15) is 0 Å². The molecule has 7 nitrogen and oxygen atoms in total. The summed E-state index contributed by atoms with van der Waals surface area (Å²) in [5, 5.41) is 9.55. The van der Waals surface area contributed by atoms with E-state index in [1.165, 1.54) is 5.56 Å². The van der Waals surface area contributed by atoms with Crippen LogP contribution in [0.3, 0.4) is 0 Å². The van der Waals surface area contributed by atoms with E-state index in [-0.39, 0.29) is 23.1 Å². The Hall–Kier alpha value is -2.41. The first-order chi connectivity index (χ1) is 14.0. The van der Waals surface area contributed by atoms with Crippen molar-refractivity contribution < 1.29 is 14.4 Å². The van der Waals surface area contributed by atoms with E-state index in [1.54, 1.807) is 5.01 Å². The van der Waals surface area contributed by atoms with Crippen LogP contribution in [0.1, 0.15) is 44.6 Å². The molecule has 29 heavy (non-hydrogen) atoms. The Morgan fingerprint density at radius 1 is 1.14 bits per heavy atom. The van der Waals surface area contributed by atoms with E-state index < -0.39 is 12.1 Å². The van der Waals surface area contributed by atoms with Crippen LogP contribution in [0.25, 0.3) is 0 Å². The molecule has 1 aromatic carbocycles. The second kappa shape index (κ2) is 8.14. The van der Waals surface area contributed by atoms with E-state index in [0.29, 0.717) is 25.9 Å². The second-order valence-corrected chi connectivity index (χ2v) is 8.70. The van der Waals surface area contributed by atoms with Gasteiger partial charge in [-0.05, 0) is 44.1 Å². The van der Waals surface area contributed by atoms with Gasteiger partial charge >= 0.3 is 0 Å². The lowest BCUT2D eigenvalue weighted by Crippen LogP contribution is -2.56. The summed E-state index contributed by atoms with van der Waals surface area (Å²) in [6, 6.07) is 8.98. The maximum Gasteiger partial charge on any atom is 0.260 e. The number of carbonyl (C=O) groups excluding carboxylic acids is 3. The molecule has 0 aromatic heterocycles. The zero-order chi connectivity index (χ0) is 20.4. The predicted octanol–water partition coefficient (Wildman–Crippen LogP) is 1.24. The minimum atomic E-state index is -0.539. The molecule has 1 saturated carbocycles. The van der Waals surface area contributed by atoms with Crippen molar-refractivity contribution in [3.63, 3.8) is 0 Å². The minimum Gasteiger partial charge on any atom is -0.354 e. The quantitative estimate of drug-likeness (QED) is 0.756. The van der Waals surface area contributed by atoms with Crippen molar-refractivity contribution in [2.75, 3.05) is 19.6 Å². The highest BCUT2D eigenvalue weighted by atomic mass is 16.2. The van der Waals surface area contributed by atoms with Crippen molar-refractivity contribution >= 4 is 17.7 Å². The van der Waals surface area contributed by atoms with Crippen molar-refractivity contribution in [3.8, 4) is 0 Å². The van der Waals surface area contributed by atoms with Gasteiger partial charge in [0.25, 0.3) is 5.91 Å². The summed E-state index contributed by atoms with van der Waals surface area (Å²) in [5.41, 5.74) is 0.855. The number of fused-ring (bicyclic) bond motifs is 1. The zero-order valence-electron chi connectivity index (χ0n) is 17.0. The molecule has 7 heteroatoms. The molecule has 0 bridgehead atoms. The molecule has 0 unspecified atom stereocenters. The first-order valence-electron chi connectivity index (χ1n) is 10.7. The van der Waals surface area contributed by atoms with Gasteiger partial charge < -0.3 is 10.6 Å². The molecule has 1 aliphatic carbocycles. The monoisotopic (exact) mass is 398 g/mol. The zero-order valence-corrected chi connectivity index (χ0v) is 17.0. The number of amides is 3. The summed E-state index contributed by atoms with van der Waals surface area (Å²) >= 11 is 0. The Kier molecular flexibility index (Phi) is 5.58. The number of hydrazine groups is 1. The van der Waals surface area contributed by atoms with Gasteiger partial charge in [0.2, 0.25) is 11.8 Å². The maximum atomic E-state index is 13.2. The molecule has 4 rings (SSSR count). The number of benzene rings is 1. The van der Waals surface area contributed by atoms with E-state index in [0.717, 1.165) is 32.2 Å². The van der Waals surface area contributed by atoms with Crippen molar-refractivity contribution in [1.82, 2.24) is 20.7 Å². The molecule has 0 radical (unpaired) electrons. The van der Waals surface area contributed by atoms with Crippen molar-refractivity contribution in [2.24, 2.45) is 5.41 Å². The van der Waals surface area contributed by atoms with Crippen LogP contribution in [0.5, 0.6) is 0 Å². The van der Waals surface area contributed by atoms with Crippen LogP contribution in [0, 0.1) is 5.41 Å². The molecular formula is C22H30N4O3.